The molecule has 6 heteroatoms. The first-order chi connectivity index (χ1) is 13.6. The summed E-state index contributed by atoms with van der Waals surface area (Å²) in [5.74, 6) is 1.37. The number of rotatable bonds is 7. The summed E-state index contributed by atoms with van der Waals surface area (Å²) in [5.41, 5.74) is 5.09. The molecule has 3 aromatic carbocycles. The number of ether oxygens (including phenoxy) is 2. The average Bonchev–Trinajstić information content (AvgIpc) is 2.75. The molecule has 6 nitrogen and oxygen atoms in total. The molecule has 0 saturated carbocycles. The van der Waals surface area contributed by atoms with Crippen LogP contribution in [0.2, 0.25) is 0 Å². The van der Waals surface area contributed by atoms with E-state index in [-0.39, 0.29) is 12.5 Å². The second-order valence-corrected chi connectivity index (χ2v) is 6.24. The minimum Gasteiger partial charge on any atom is -0.497 e. The fourth-order valence-corrected chi connectivity index (χ4v) is 2.72. The van der Waals surface area contributed by atoms with Gasteiger partial charge in [-0.15, -0.1) is 0 Å². The van der Waals surface area contributed by atoms with Crippen LogP contribution in [0.1, 0.15) is 12.5 Å². The quantitative estimate of drug-likeness (QED) is 0.485. The van der Waals surface area contributed by atoms with Gasteiger partial charge in [0.1, 0.15) is 11.5 Å². The zero-order valence-corrected chi connectivity index (χ0v) is 16.2. The highest BCUT2D eigenvalue weighted by molar-refractivity contribution is 6.02. The normalized spacial score (nSPS) is 11.2. The monoisotopic (exact) mass is 377 g/mol. The van der Waals surface area contributed by atoms with Crippen LogP contribution in [0.25, 0.3) is 10.8 Å². The van der Waals surface area contributed by atoms with Gasteiger partial charge < -0.3 is 14.8 Å². The number of anilines is 1. The molecule has 2 N–H and O–H groups in total. The number of nitrogens with one attached hydrogen (secondary N) is 2. The van der Waals surface area contributed by atoms with Crippen molar-refractivity contribution >= 4 is 28.1 Å². The highest BCUT2D eigenvalue weighted by atomic mass is 16.5. The first-order valence-corrected chi connectivity index (χ1v) is 8.88. The molecule has 0 radical (unpaired) electrons. The van der Waals surface area contributed by atoms with Gasteiger partial charge in [0, 0.05) is 5.69 Å². The van der Waals surface area contributed by atoms with E-state index in [0.717, 1.165) is 39.2 Å². The average molecular weight is 377 g/mol. The minimum atomic E-state index is -0.222. The van der Waals surface area contributed by atoms with Gasteiger partial charge in [0.15, 0.2) is 0 Å². The topological polar surface area (TPSA) is 72.0 Å². The third kappa shape index (κ3) is 4.79. The summed E-state index contributed by atoms with van der Waals surface area (Å²) in [7, 11) is 3.27. The Kier molecular flexibility index (Phi) is 6.11. The zero-order valence-electron chi connectivity index (χ0n) is 16.2. The van der Waals surface area contributed by atoms with Crippen LogP contribution >= 0.6 is 0 Å². The van der Waals surface area contributed by atoms with Crippen LogP contribution in [0.5, 0.6) is 11.5 Å². The fraction of sp³-hybridized carbons (Fsp3) is 0.182. The van der Waals surface area contributed by atoms with Crippen LogP contribution < -0.4 is 20.2 Å². The molecule has 3 aromatic rings. The molecular formula is C22H23N3O3. The Bertz CT molecular complexity index is 998. The second-order valence-electron chi connectivity index (χ2n) is 6.24. The van der Waals surface area contributed by atoms with E-state index >= 15 is 0 Å². The van der Waals surface area contributed by atoms with Crippen molar-refractivity contribution in [3.63, 3.8) is 0 Å². The largest absolute Gasteiger partial charge is 0.497 e. The fourth-order valence-electron chi connectivity index (χ4n) is 2.72. The van der Waals surface area contributed by atoms with E-state index in [2.05, 4.69) is 15.8 Å². The van der Waals surface area contributed by atoms with Crippen molar-refractivity contribution in [1.29, 1.82) is 0 Å². The summed E-state index contributed by atoms with van der Waals surface area (Å²) in [4.78, 5) is 12.0. The molecule has 0 atom stereocenters. The number of hydrazone groups is 1. The number of hydrogen-bond donors (Lipinski definition) is 2. The van der Waals surface area contributed by atoms with Crippen molar-refractivity contribution in [2.24, 2.45) is 5.10 Å². The summed E-state index contributed by atoms with van der Waals surface area (Å²) < 4.78 is 10.4. The number of nitrogens with zero attached hydrogens (tertiary/aromatic N) is 1. The predicted octanol–water partition coefficient (Wildman–Crippen LogP) is 3.81. The van der Waals surface area contributed by atoms with Crippen molar-refractivity contribution < 1.29 is 14.3 Å². The summed E-state index contributed by atoms with van der Waals surface area (Å²) in [6.07, 6.45) is 0. The maximum absolute atomic E-state index is 12.0. The van der Waals surface area contributed by atoms with E-state index in [9.17, 15) is 4.79 Å². The van der Waals surface area contributed by atoms with E-state index in [1.54, 1.807) is 14.2 Å². The molecule has 0 aliphatic carbocycles. The molecule has 0 aliphatic rings. The van der Waals surface area contributed by atoms with Gasteiger partial charge in [0.05, 0.1) is 26.5 Å². The van der Waals surface area contributed by atoms with E-state index in [1.807, 2.05) is 67.6 Å². The van der Waals surface area contributed by atoms with Crippen molar-refractivity contribution in [3.8, 4) is 11.5 Å². The van der Waals surface area contributed by atoms with Gasteiger partial charge >= 0.3 is 0 Å². The Labute approximate surface area is 164 Å². The molecule has 28 heavy (non-hydrogen) atoms. The minimum absolute atomic E-state index is 0.126. The lowest BCUT2D eigenvalue weighted by Gasteiger charge is -2.08. The molecule has 0 spiro atoms. The molecule has 0 saturated heterocycles. The van der Waals surface area contributed by atoms with Gasteiger partial charge in [-0.1, -0.05) is 18.2 Å². The summed E-state index contributed by atoms with van der Waals surface area (Å²) in [6.45, 7) is 1.99. The second kappa shape index (κ2) is 8.90. The highest BCUT2D eigenvalue weighted by Crippen LogP contribution is 2.22. The Balaban J connectivity index is 1.59. The Hall–Kier alpha value is -3.54. The van der Waals surface area contributed by atoms with Crippen molar-refractivity contribution in [2.75, 3.05) is 26.1 Å². The highest BCUT2D eigenvalue weighted by Gasteiger charge is 2.04. The van der Waals surface area contributed by atoms with Gasteiger partial charge in [-0.3, -0.25) is 4.79 Å². The number of carbonyl (C=O) groups excluding carboxylic acids is 1. The standard InChI is InChI=1S/C22H23N3O3/c1-15(16-4-5-18-13-21(28-3)9-6-17(18)12-16)24-25-22(26)14-23-19-7-10-20(27-2)11-8-19/h4-13,23H,14H2,1-3H3,(H,25,26)/b24-15-. The van der Waals surface area contributed by atoms with Crippen molar-refractivity contribution in [2.45, 2.75) is 6.92 Å². The predicted molar refractivity (Wildman–Crippen MR) is 112 cm³/mol. The molecule has 0 heterocycles. The van der Waals surface area contributed by atoms with Gasteiger partial charge in [-0.2, -0.15) is 5.10 Å². The number of carbonyl (C=O) groups is 1. The lowest BCUT2D eigenvalue weighted by molar-refractivity contribution is -0.119. The first-order valence-electron chi connectivity index (χ1n) is 8.88. The van der Waals surface area contributed by atoms with Gasteiger partial charge in [-0.25, -0.2) is 5.43 Å². The Morgan fingerprint density at radius 2 is 1.54 bits per heavy atom. The SMILES string of the molecule is COc1ccc(NCC(=O)N/N=C(/C)c2ccc3cc(OC)ccc3c2)cc1. The summed E-state index contributed by atoms with van der Waals surface area (Å²) in [5, 5.41) is 9.42. The molecule has 0 aromatic heterocycles. The molecule has 1 amide bonds. The molecule has 0 fully saturated rings. The lowest BCUT2D eigenvalue weighted by atomic mass is 10.0. The molecule has 0 bridgehead atoms. The van der Waals surface area contributed by atoms with E-state index in [1.165, 1.54) is 0 Å². The van der Waals surface area contributed by atoms with Gasteiger partial charge in [0.2, 0.25) is 0 Å². The van der Waals surface area contributed by atoms with Crippen LogP contribution in [0.3, 0.4) is 0 Å². The first kappa shape index (κ1) is 19.2. The Morgan fingerprint density at radius 1 is 0.893 bits per heavy atom. The number of hydrogen-bond acceptors (Lipinski definition) is 5. The van der Waals surface area contributed by atoms with Crippen LogP contribution in [-0.4, -0.2) is 32.4 Å². The maximum Gasteiger partial charge on any atom is 0.259 e. The van der Waals surface area contributed by atoms with E-state index < -0.39 is 0 Å². The number of benzene rings is 3. The smallest absolute Gasteiger partial charge is 0.259 e. The summed E-state index contributed by atoms with van der Waals surface area (Å²) >= 11 is 0. The maximum atomic E-state index is 12.0. The summed E-state index contributed by atoms with van der Waals surface area (Å²) in [6, 6.07) is 19.3. The number of fused-ring (bicyclic) bond motifs is 1. The van der Waals surface area contributed by atoms with Crippen LogP contribution in [0, 0.1) is 0 Å². The van der Waals surface area contributed by atoms with Crippen molar-refractivity contribution in [1.82, 2.24) is 5.43 Å². The third-order valence-electron chi connectivity index (χ3n) is 4.36. The molecule has 3 rings (SSSR count). The molecule has 0 unspecified atom stereocenters. The van der Waals surface area contributed by atoms with Gasteiger partial charge in [-0.05, 0) is 65.7 Å². The van der Waals surface area contributed by atoms with E-state index in [4.69, 9.17) is 9.47 Å². The third-order valence-corrected chi connectivity index (χ3v) is 4.36. The van der Waals surface area contributed by atoms with Crippen molar-refractivity contribution in [3.05, 3.63) is 66.2 Å². The van der Waals surface area contributed by atoms with Gasteiger partial charge in [0.25, 0.3) is 5.91 Å². The number of amides is 1. The van der Waals surface area contributed by atoms with Crippen LogP contribution in [0.15, 0.2) is 65.8 Å². The van der Waals surface area contributed by atoms with Crippen LogP contribution in [-0.2, 0) is 4.79 Å². The molecular weight excluding hydrogens is 354 g/mol. The van der Waals surface area contributed by atoms with E-state index in [0.29, 0.717) is 0 Å². The zero-order chi connectivity index (χ0) is 19.9. The lowest BCUT2D eigenvalue weighted by Crippen LogP contribution is -2.26. The van der Waals surface area contributed by atoms with Crippen LogP contribution in [0.4, 0.5) is 5.69 Å². The number of methoxy groups -OCH3 is 2. The molecule has 144 valence electrons. The molecule has 0 aliphatic heterocycles. The Morgan fingerprint density at radius 3 is 2.25 bits per heavy atom.